The van der Waals surface area contributed by atoms with Gasteiger partial charge in [0, 0.05) is 38.6 Å². The standard InChI is InChI=1S/C15H16F3N5O/c1-22-13(24)8-10(14(22)11-4-6-20-23(11)2)21-9-3-5-19-12(7-9)15(16,17)18/h3-7,10,14H,8H2,1-2H3,(H,19,21)/t10-,14-/m1/s1. The van der Waals surface area contributed by atoms with Crippen LogP contribution >= 0.6 is 0 Å². The fraction of sp³-hybridized carbons (Fsp3) is 0.400. The molecule has 3 heterocycles. The molecule has 1 aliphatic heterocycles. The summed E-state index contributed by atoms with van der Waals surface area (Å²) in [6.07, 6.45) is -1.60. The van der Waals surface area contributed by atoms with Gasteiger partial charge in [-0.1, -0.05) is 0 Å². The van der Waals surface area contributed by atoms with E-state index in [-0.39, 0.29) is 30.1 Å². The number of nitrogens with zero attached hydrogens (tertiary/aromatic N) is 4. The van der Waals surface area contributed by atoms with Crippen molar-refractivity contribution in [1.29, 1.82) is 0 Å². The number of alkyl halides is 3. The van der Waals surface area contributed by atoms with Gasteiger partial charge in [0.05, 0.1) is 17.8 Å². The number of carbonyl (C=O) groups excluding carboxylic acids is 1. The minimum absolute atomic E-state index is 0.0798. The highest BCUT2D eigenvalue weighted by Crippen LogP contribution is 2.34. The van der Waals surface area contributed by atoms with Gasteiger partial charge in [0.1, 0.15) is 5.69 Å². The average Bonchev–Trinajstić information content (AvgIpc) is 3.03. The molecule has 1 amide bonds. The molecule has 0 saturated carbocycles. The molecular weight excluding hydrogens is 323 g/mol. The number of nitrogens with one attached hydrogen (secondary N) is 1. The lowest BCUT2D eigenvalue weighted by Gasteiger charge is -2.26. The molecule has 2 aromatic rings. The van der Waals surface area contributed by atoms with Crippen LogP contribution in [0.25, 0.3) is 0 Å². The Balaban J connectivity index is 1.88. The molecule has 0 spiro atoms. The second kappa shape index (κ2) is 5.81. The summed E-state index contributed by atoms with van der Waals surface area (Å²) in [7, 11) is 3.44. The van der Waals surface area contributed by atoms with Crippen molar-refractivity contribution in [2.75, 3.05) is 12.4 Å². The van der Waals surface area contributed by atoms with Crippen LogP contribution in [0.1, 0.15) is 23.9 Å². The number of likely N-dealkylation sites (tertiary alicyclic amines) is 1. The van der Waals surface area contributed by atoms with Crippen LogP contribution in [-0.4, -0.2) is 38.7 Å². The maximum Gasteiger partial charge on any atom is 0.433 e. The fourth-order valence-corrected chi connectivity index (χ4v) is 2.97. The van der Waals surface area contributed by atoms with Crippen molar-refractivity contribution >= 4 is 11.6 Å². The Morgan fingerprint density at radius 2 is 2.00 bits per heavy atom. The van der Waals surface area contributed by atoms with Gasteiger partial charge in [0.25, 0.3) is 0 Å². The van der Waals surface area contributed by atoms with Gasteiger partial charge in [-0.05, 0) is 18.2 Å². The molecule has 128 valence electrons. The summed E-state index contributed by atoms with van der Waals surface area (Å²) in [5, 5.41) is 7.14. The number of amides is 1. The first-order chi connectivity index (χ1) is 11.3. The summed E-state index contributed by atoms with van der Waals surface area (Å²) in [4.78, 5) is 17.0. The van der Waals surface area contributed by atoms with Crippen LogP contribution in [0.5, 0.6) is 0 Å². The van der Waals surface area contributed by atoms with E-state index in [0.717, 1.165) is 18.0 Å². The summed E-state index contributed by atoms with van der Waals surface area (Å²) >= 11 is 0. The molecule has 1 saturated heterocycles. The molecular formula is C15H16F3N5O. The zero-order valence-electron chi connectivity index (χ0n) is 13.1. The van der Waals surface area contributed by atoms with Gasteiger partial charge < -0.3 is 10.2 Å². The maximum atomic E-state index is 12.8. The maximum absolute atomic E-state index is 12.8. The lowest BCUT2D eigenvalue weighted by molar-refractivity contribution is -0.141. The quantitative estimate of drug-likeness (QED) is 0.931. The number of pyridine rings is 1. The molecule has 24 heavy (non-hydrogen) atoms. The number of aromatic nitrogens is 3. The first kappa shape index (κ1) is 16.3. The van der Waals surface area contributed by atoms with E-state index in [0.29, 0.717) is 0 Å². The van der Waals surface area contributed by atoms with Gasteiger partial charge in [0.15, 0.2) is 0 Å². The summed E-state index contributed by atoms with van der Waals surface area (Å²) in [6, 6.07) is 3.53. The van der Waals surface area contributed by atoms with Crippen molar-refractivity contribution in [3.63, 3.8) is 0 Å². The van der Waals surface area contributed by atoms with Crippen LogP contribution in [0.4, 0.5) is 18.9 Å². The molecule has 1 N–H and O–H groups in total. The summed E-state index contributed by atoms with van der Waals surface area (Å²) in [5.74, 6) is -0.0798. The van der Waals surface area contributed by atoms with Gasteiger partial charge in [-0.25, -0.2) is 0 Å². The predicted molar refractivity (Wildman–Crippen MR) is 80.0 cm³/mol. The summed E-state index contributed by atoms with van der Waals surface area (Å²) < 4.78 is 40.0. The van der Waals surface area contributed by atoms with Crippen LogP contribution in [0.2, 0.25) is 0 Å². The van der Waals surface area contributed by atoms with E-state index in [2.05, 4.69) is 15.4 Å². The first-order valence-corrected chi connectivity index (χ1v) is 7.30. The minimum atomic E-state index is -4.51. The van der Waals surface area contributed by atoms with Crippen molar-refractivity contribution in [3.8, 4) is 0 Å². The molecule has 0 unspecified atom stereocenters. The molecule has 0 aliphatic carbocycles. The van der Waals surface area contributed by atoms with E-state index in [1.54, 1.807) is 35.9 Å². The van der Waals surface area contributed by atoms with Crippen LogP contribution in [0.3, 0.4) is 0 Å². The van der Waals surface area contributed by atoms with Crippen molar-refractivity contribution in [2.45, 2.75) is 24.7 Å². The van der Waals surface area contributed by atoms with Gasteiger partial charge in [0.2, 0.25) is 5.91 Å². The second-order valence-corrected chi connectivity index (χ2v) is 5.71. The summed E-state index contributed by atoms with van der Waals surface area (Å²) in [5.41, 5.74) is 0.116. The zero-order chi connectivity index (χ0) is 17.5. The van der Waals surface area contributed by atoms with Gasteiger partial charge in [-0.3, -0.25) is 14.5 Å². The highest BCUT2D eigenvalue weighted by Gasteiger charge is 2.40. The van der Waals surface area contributed by atoms with Crippen molar-refractivity contribution in [3.05, 3.63) is 42.0 Å². The van der Waals surface area contributed by atoms with E-state index in [4.69, 9.17) is 0 Å². The van der Waals surface area contributed by atoms with Crippen molar-refractivity contribution < 1.29 is 18.0 Å². The Morgan fingerprint density at radius 1 is 1.25 bits per heavy atom. The smallest absolute Gasteiger partial charge is 0.379 e. The van der Waals surface area contributed by atoms with Gasteiger partial charge in [-0.15, -0.1) is 0 Å². The molecule has 1 fully saturated rings. The van der Waals surface area contributed by atoms with Gasteiger partial charge in [-0.2, -0.15) is 18.3 Å². The Kier molecular flexibility index (Phi) is 3.94. The third-order valence-corrected chi connectivity index (χ3v) is 4.15. The highest BCUT2D eigenvalue weighted by atomic mass is 19.4. The largest absolute Gasteiger partial charge is 0.433 e. The number of rotatable bonds is 3. The van der Waals surface area contributed by atoms with E-state index >= 15 is 0 Å². The number of aryl methyl sites for hydroxylation is 1. The number of anilines is 1. The van der Waals surface area contributed by atoms with E-state index in [9.17, 15) is 18.0 Å². The van der Waals surface area contributed by atoms with Crippen molar-refractivity contribution in [1.82, 2.24) is 19.7 Å². The molecule has 0 aromatic carbocycles. The Bertz CT molecular complexity index is 758. The van der Waals surface area contributed by atoms with E-state index in [1.807, 2.05) is 0 Å². The molecule has 1 aliphatic rings. The molecule has 6 nitrogen and oxygen atoms in total. The average molecular weight is 339 g/mol. The monoisotopic (exact) mass is 339 g/mol. The third kappa shape index (κ3) is 2.93. The van der Waals surface area contributed by atoms with Crippen molar-refractivity contribution in [2.24, 2.45) is 7.05 Å². The molecule has 9 heteroatoms. The topological polar surface area (TPSA) is 63.1 Å². The number of halogens is 3. The molecule has 2 aromatic heterocycles. The first-order valence-electron chi connectivity index (χ1n) is 7.30. The van der Waals surface area contributed by atoms with Crippen LogP contribution in [-0.2, 0) is 18.0 Å². The minimum Gasteiger partial charge on any atom is -0.379 e. The number of likely N-dealkylation sites (N-methyl/N-ethyl adjacent to an activating group) is 1. The van der Waals surface area contributed by atoms with E-state index < -0.39 is 11.9 Å². The second-order valence-electron chi connectivity index (χ2n) is 5.71. The van der Waals surface area contributed by atoms with Crippen LogP contribution < -0.4 is 5.32 Å². The van der Waals surface area contributed by atoms with Crippen LogP contribution in [0.15, 0.2) is 30.6 Å². The van der Waals surface area contributed by atoms with Gasteiger partial charge >= 0.3 is 6.18 Å². The molecule has 3 rings (SSSR count). The normalized spacial score (nSPS) is 21.4. The predicted octanol–water partition coefficient (Wildman–Crippen LogP) is 2.22. The molecule has 0 bridgehead atoms. The number of carbonyl (C=O) groups is 1. The number of hydrogen-bond acceptors (Lipinski definition) is 4. The number of hydrogen-bond donors (Lipinski definition) is 1. The fourth-order valence-electron chi connectivity index (χ4n) is 2.97. The Hall–Kier alpha value is -2.58. The molecule has 0 radical (unpaired) electrons. The van der Waals surface area contributed by atoms with Crippen LogP contribution in [0, 0.1) is 0 Å². The SMILES string of the molecule is CN1C(=O)C[C@@H](Nc2ccnc(C(F)(F)F)c2)[C@@H]1c1ccnn1C. The molecule has 2 atom stereocenters. The zero-order valence-corrected chi connectivity index (χ0v) is 13.1. The summed E-state index contributed by atoms with van der Waals surface area (Å²) in [6.45, 7) is 0. The Labute approximate surface area is 136 Å². The lowest BCUT2D eigenvalue weighted by atomic mass is 10.1. The highest BCUT2D eigenvalue weighted by molar-refractivity contribution is 5.80. The third-order valence-electron chi connectivity index (χ3n) is 4.15. The van der Waals surface area contributed by atoms with E-state index in [1.165, 1.54) is 6.07 Å². The Morgan fingerprint density at radius 3 is 2.62 bits per heavy atom. The lowest BCUT2D eigenvalue weighted by Crippen LogP contribution is -2.31.